The Morgan fingerprint density at radius 3 is 2.47 bits per heavy atom. The number of ether oxygens (including phenoxy) is 2. The Hall–Kier alpha value is -1.37. The van der Waals surface area contributed by atoms with Crippen LogP contribution in [0.3, 0.4) is 0 Å². The molecular weight excluding hydrogens is 270 g/mol. The molecule has 0 aliphatic rings. The molecule has 0 aromatic carbocycles. The van der Waals surface area contributed by atoms with Gasteiger partial charge in [0, 0.05) is 27.3 Å². The number of rotatable bonds is 7. The van der Waals surface area contributed by atoms with E-state index in [1.807, 2.05) is 0 Å². The molecule has 0 saturated carbocycles. The van der Waals surface area contributed by atoms with Gasteiger partial charge in [-0.2, -0.15) is 0 Å². The second-order valence-electron chi connectivity index (χ2n) is 3.87. The summed E-state index contributed by atoms with van der Waals surface area (Å²) < 4.78 is 9.98. The van der Waals surface area contributed by atoms with Gasteiger partial charge < -0.3 is 20.1 Å². The van der Waals surface area contributed by atoms with Crippen LogP contribution in [0.5, 0.6) is 0 Å². The predicted octanol–water partition coefficient (Wildman–Crippen LogP) is 1.05. The first-order valence-electron chi connectivity index (χ1n) is 5.78. The smallest absolute Gasteiger partial charge is 0.256 e. The highest BCUT2D eigenvalue weighted by Crippen LogP contribution is 2.17. The third-order valence-corrected chi connectivity index (χ3v) is 2.76. The lowest BCUT2D eigenvalue weighted by molar-refractivity contribution is 0.0628. The molecule has 106 valence electrons. The summed E-state index contributed by atoms with van der Waals surface area (Å²) in [5.41, 5.74) is 6.39. The third-order valence-electron chi connectivity index (χ3n) is 2.55. The molecule has 2 N–H and O–H groups in total. The number of nitrogens with two attached hydrogens (primary N) is 1. The number of aromatic nitrogens is 1. The first-order valence-corrected chi connectivity index (χ1v) is 6.16. The van der Waals surface area contributed by atoms with Crippen LogP contribution >= 0.6 is 11.6 Å². The largest absolute Gasteiger partial charge is 0.397 e. The second kappa shape index (κ2) is 7.93. The van der Waals surface area contributed by atoms with Gasteiger partial charge in [-0.25, -0.2) is 4.98 Å². The van der Waals surface area contributed by atoms with E-state index in [0.717, 1.165) is 0 Å². The van der Waals surface area contributed by atoms with Crippen LogP contribution in [-0.4, -0.2) is 56.3 Å². The summed E-state index contributed by atoms with van der Waals surface area (Å²) in [5.74, 6) is -0.212. The van der Waals surface area contributed by atoms with Gasteiger partial charge >= 0.3 is 0 Å². The van der Waals surface area contributed by atoms with Crippen molar-refractivity contribution in [2.24, 2.45) is 0 Å². The molecule has 0 aliphatic carbocycles. The zero-order chi connectivity index (χ0) is 14.3. The molecule has 1 heterocycles. The number of nitrogens with zero attached hydrogens (tertiary/aromatic N) is 2. The number of hydrogen-bond donors (Lipinski definition) is 1. The van der Waals surface area contributed by atoms with E-state index in [9.17, 15) is 4.79 Å². The fourth-order valence-corrected chi connectivity index (χ4v) is 1.67. The maximum atomic E-state index is 12.4. The molecule has 1 amide bonds. The SMILES string of the molecule is COCCN(CCOC)C(=O)c1cc(Cl)ncc1N. The number of methoxy groups -OCH3 is 2. The molecule has 0 aliphatic heterocycles. The monoisotopic (exact) mass is 287 g/mol. The van der Waals surface area contributed by atoms with E-state index in [4.69, 9.17) is 26.8 Å². The van der Waals surface area contributed by atoms with E-state index in [1.165, 1.54) is 12.3 Å². The minimum absolute atomic E-state index is 0.212. The van der Waals surface area contributed by atoms with Crippen molar-refractivity contribution >= 4 is 23.2 Å². The standard InChI is InChI=1S/C12H18ClN3O3/c1-18-5-3-16(4-6-19-2)12(17)9-7-11(13)15-8-10(9)14/h7-8H,3-6,14H2,1-2H3. The zero-order valence-corrected chi connectivity index (χ0v) is 11.8. The molecule has 1 rings (SSSR count). The fourth-order valence-electron chi connectivity index (χ4n) is 1.51. The van der Waals surface area contributed by atoms with Crippen LogP contribution in [0.15, 0.2) is 12.3 Å². The Kier molecular flexibility index (Phi) is 6.55. The van der Waals surface area contributed by atoms with Crippen molar-refractivity contribution in [3.8, 4) is 0 Å². The molecule has 1 aromatic rings. The number of carbonyl (C=O) groups is 1. The average Bonchev–Trinajstić information content (AvgIpc) is 2.41. The Labute approximate surface area is 117 Å². The Morgan fingerprint density at radius 1 is 1.37 bits per heavy atom. The highest BCUT2D eigenvalue weighted by Gasteiger charge is 2.18. The van der Waals surface area contributed by atoms with Crippen molar-refractivity contribution < 1.29 is 14.3 Å². The Bertz CT molecular complexity index is 421. The molecule has 0 saturated heterocycles. The van der Waals surface area contributed by atoms with E-state index in [-0.39, 0.29) is 11.1 Å². The van der Waals surface area contributed by atoms with Gasteiger partial charge in [-0.1, -0.05) is 11.6 Å². The second-order valence-corrected chi connectivity index (χ2v) is 4.26. The van der Waals surface area contributed by atoms with Gasteiger partial charge in [0.25, 0.3) is 5.91 Å². The lowest BCUT2D eigenvalue weighted by atomic mass is 10.2. The highest BCUT2D eigenvalue weighted by atomic mass is 35.5. The molecule has 0 spiro atoms. The first kappa shape index (κ1) is 15.7. The number of anilines is 1. The van der Waals surface area contributed by atoms with E-state index < -0.39 is 0 Å². The summed E-state index contributed by atoms with van der Waals surface area (Å²) in [7, 11) is 3.16. The van der Waals surface area contributed by atoms with Crippen molar-refractivity contribution in [2.45, 2.75) is 0 Å². The van der Waals surface area contributed by atoms with E-state index in [0.29, 0.717) is 37.6 Å². The summed E-state index contributed by atoms with van der Waals surface area (Å²) in [6.07, 6.45) is 1.38. The first-order chi connectivity index (χ1) is 9.10. The molecule has 0 radical (unpaired) electrons. The van der Waals surface area contributed by atoms with E-state index in [2.05, 4.69) is 4.98 Å². The maximum Gasteiger partial charge on any atom is 0.256 e. The predicted molar refractivity (Wildman–Crippen MR) is 73.3 cm³/mol. The van der Waals surface area contributed by atoms with Crippen LogP contribution < -0.4 is 5.73 Å². The van der Waals surface area contributed by atoms with Crippen molar-refractivity contribution in [1.82, 2.24) is 9.88 Å². The summed E-state index contributed by atoms with van der Waals surface area (Å²) in [5, 5.41) is 0.232. The summed E-state index contributed by atoms with van der Waals surface area (Å²) in [6, 6.07) is 1.46. The Morgan fingerprint density at radius 2 is 1.95 bits per heavy atom. The fraction of sp³-hybridized carbons (Fsp3) is 0.500. The molecule has 19 heavy (non-hydrogen) atoms. The van der Waals surface area contributed by atoms with Gasteiger partial charge in [-0.3, -0.25) is 4.79 Å². The van der Waals surface area contributed by atoms with Gasteiger partial charge in [0.05, 0.1) is 30.7 Å². The molecule has 7 heteroatoms. The third kappa shape index (κ3) is 4.66. The van der Waals surface area contributed by atoms with Crippen LogP contribution in [0, 0.1) is 0 Å². The van der Waals surface area contributed by atoms with E-state index in [1.54, 1.807) is 19.1 Å². The van der Waals surface area contributed by atoms with Gasteiger partial charge in [0.1, 0.15) is 5.15 Å². The summed E-state index contributed by atoms with van der Waals surface area (Å²) in [6.45, 7) is 1.79. The van der Waals surface area contributed by atoms with E-state index >= 15 is 0 Å². The molecule has 0 bridgehead atoms. The number of hydrogen-bond acceptors (Lipinski definition) is 5. The topological polar surface area (TPSA) is 77.7 Å². The van der Waals surface area contributed by atoms with Crippen molar-refractivity contribution in [1.29, 1.82) is 0 Å². The molecule has 1 aromatic heterocycles. The molecule has 0 fully saturated rings. The van der Waals surface area contributed by atoms with Crippen molar-refractivity contribution in [2.75, 3.05) is 46.3 Å². The Balaban J connectivity index is 2.87. The van der Waals surface area contributed by atoms with Gasteiger partial charge in [0.15, 0.2) is 0 Å². The minimum Gasteiger partial charge on any atom is -0.397 e. The maximum absolute atomic E-state index is 12.4. The quantitative estimate of drug-likeness (QED) is 0.759. The normalized spacial score (nSPS) is 10.5. The number of carbonyl (C=O) groups excluding carboxylic acids is 1. The molecule has 6 nitrogen and oxygen atoms in total. The molecular formula is C12H18ClN3O3. The molecule has 0 unspecified atom stereocenters. The van der Waals surface area contributed by atoms with Crippen LogP contribution in [0.2, 0.25) is 5.15 Å². The van der Waals surface area contributed by atoms with Gasteiger partial charge in [-0.05, 0) is 6.07 Å². The van der Waals surface area contributed by atoms with Crippen molar-refractivity contribution in [3.05, 3.63) is 23.0 Å². The zero-order valence-electron chi connectivity index (χ0n) is 11.1. The van der Waals surface area contributed by atoms with Crippen molar-refractivity contribution in [3.63, 3.8) is 0 Å². The summed E-state index contributed by atoms with van der Waals surface area (Å²) in [4.78, 5) is 17.8. The number of halogens is 1. The number of amides is 1. The van der Waals surface area contributed by atoms with Gasteiger partial charge in [0.2, 0.25) is 0 Å². The van der Waals surface area contributed by atoms with Crippen LogP contribution in [-0.2, 0) is 9.47 Å². The summed E-state index contributed by atoms with van der Waals surface area (Å²) >= 11 is 5.79. The number of nitrogen functional groups attached to an aromatic ring is 1. The average molecular weight is 288 g/mol. The lowest BCUT2D eigenvalue weighted by Gasteiger charge is -2.22. The van der Waals surface area contributed by atoms with Crippen LogP contribution in [0.25, 0.3) is 0 Å². The number of pyridine rings is 1. The minimum atomic E-state index is -0.212. The molecule has 0 atom stereocenters. The van der Waals surface area contributed by atoms with Crippen LogP contribution in [0.1, 0.15) is 10.4 Å². The lowest BCUT2D eigenvalue weighted by Crippen LogP contribution is -2.36. The van der Waals surface area contributed by atoms with Crippen LogP contribution in [0.4, 0.5) is 5.69 Å². The highest BCUT2D eigenvalue weighted by molar-refractivity contribution is 6.29. The van der Waals surface area contributed by atoms with Gasteiger partial charge in [-0.15, -0.1) is 0 Å².